The van der Waals surface area contributed by atoms with Crippen LogP contribution >= 0.6 is 0 Å². The second-order valence-corrected chi connectivity index (χ2v) is 6.94. The molecule has 0 aliphatic heterocycles. The smallest absolute Gasteiger partial charge is 0.122 e. The van der Waals surface area contributed by atoms with Gasteiger partial charge in [-0.05, 0) is 56.7 Å². The van der Waals surface area contributed by atoms with E-state index in [1.54, 1.807) is 6.20 Å². The van der Waals surface area contributed by atoms with Gasteiger partial charge in [0.25, 0.3) is 0 Å². The molecule has 0 saturated carbocycles. The summed E-state index contributed by atoms with van der Waals surface area (Å²) in [7, 11) is 0. The van der Waals surface area contributed by atoms with E-state index in [4.69, 9.17) is 4.84 Å². The molecule has 0 aliphatic carbocycles. The zero-order valence-electron chi connectivity index (χ0n) is 16.2. The lowest BCUT2D eigenvalue weighted by Gasteiger charge is -2.08. The zero-order chi connectivity index (χ0) is 19.5. The van der Waals surface area contributed by atoms with Gasteiger partial charge < -0.3 is 4.84 Å². The molecule has 0 fully saturated rings. The number of rotatable bonds is 5. The Bertz CT molecular complexity index is 1130. The first-order chi connectivity index (χ1) is 13.6. The van der Waals surface area contributed by atoms with Crippen LogP contribution in [0.15, 0.2) is 78.5 Å². The van der Waals surface area contributed by atoms with Crippen LogP contribution in [0.25, 0.3) is 27.8 Å². The van der Waals surface area contributed by atoms with Gasteiger partial charge in [0.1, 0.15) is 12.4 Å². The average molecular weight is 370 g/mol. The van der Waals surface area contributed by atoms with Crippen LogP contribution in [0.4, 0.5) is 0 Å². The molecule has 0 amide bonds. The highest BCUT2D eigenvalue weighted by atomic mass is 16.6. The summed E-state index contributed by atoms with van der Waals surface area (Å²) in [5.41, 5.74) is 7.08. The van der Waals surface area contributed by atoms with Gasteiger partial charge in [0.05, 0.1) is 16.7 Å². The molecule has 2 aromatic carbocycles. The van der Waals surface area contributed by atoms with Crippen molar-refractivity contribution in [3.63, 3.8) is 0 Å². The number of imidazole rings is 1. The first-order valence-corrected chi connectivity index (χ1v) is 9.30. The molecule has 0 spiro atoms. The normalized spacial score (nSPS) is 11.9. The Hall–Kier alpha value is -3.47. The van der Waals surface area contributed by atoms with Crippen LogP contribution in [0.3, 0.4) is 0 Å². The van der Waals surface area contributed by atoms with Crippen LogP contribution in [0.1, 0.15) is 26.3 Å². The predicted molar refractivity (Wildman–Crippen MR) is 113 cm³/mol. The molecule has 4 aromatic rings. The van der Waals surface area contributed by atoms with Gasteiger partial charge in [-0.25, -0.2) is 4.98 Å². The average Bonchev–Trinajstić information content (AvgIpc) is 3.16. The molecule has 5 heteroatoms. The minimum absolute atomic E-state index is 0.0602. The molecule has 0 unspecified atom stereocenters. The van der Waals surface area contributed by atoms with Crippen molar-refractivity contribution >= 4 is 16.7 Å². The van der Waals surface area contributed by atoms with Crippen LogP contribution in [-0.4, -0.2) is 26.4 Å². The summed E-state index contributed by atoms with van der Waals surface area (Å²) in [5, 5.41) is 4.19. The van der Waals surface area contributed by atoms with Gasteiger partial charge in [-0.1, -0.05) is 29.4 Å². The lowest BCUT2D eigenvalue weighted by Crippen LogP contribution is -2.01. The molecule has 5 nitrogen and oxygen atoms in total. The van der Waals surface area contributed by atoms with Gasteiger partial charge >= 0.3 is 0 Å². The number of hydrogen-bond acceptors (Lipinski definition) is 4. The highest BCUT2D eigenvalue weighted by Crippen LogP contribution is 2.24. The summed E-state index contributed by atoms with van der Waals surface area (Å²) in [5.74, 6) is 0. The molecule has 2 aromatic heterocycles. The third-order valence-corrected chi connectivity index (χ3v) is 4.48. The Labute approximate surface area is 164 Å². The monoisotopic (exact) mass is 370 g/mol. The van der Waals surface area contributed by atoms with E-state index in [9.17, 15) is 0 Å². The standard InChI is InChI=1S/C23H22N4O/c1-16(2)28-26-17(3)18-9-10-23-22(13-18)25-15-27(23)21-8-4-6-19(12-21)20-7-5-11-24-14-20/h4-16H,1-3H3. The molecule has 28 heavy (non-hydrogen) atoms. The van der Waals surface area contributed by atoms with E-state index in [1.807, 2.05) is 51.5 Å². The molecule has 2 heterocycles. The summed E-state index contributed by atoms with van der Waals surface area (Å²) in [6, 6.07) is 18.5. The third-order valence-electron chi connectivity index (χ3n) is 4.48. The SMILES string of the molecule is CC(=NOC(C)C)c1ccc2c(c1)ncn2-c1cccc(-c2cccnc2)c1. The van der Waals surface area contributed by atoms with E-state index in [-0.39, 0.29) is 6.10 Å². The van der Waals surface area contributed by atoms with E-state index < -0.39 is 0 Å². The summed E-state index contributed by atoms with van der Waals surface area (Å²) >= 11 is 0. The van der Waals surface area contributed by atoms with Crippen molar-refractivity contribution in [2.24, 2.45) is 5.16 Å². The number of benzene rings is 2. The van der Waals surface area contributed by atoms with Gasteiger partial charge in [-0.3, -0.25) is 9.55 Å². The van der Waals surface area contributed by atoms with Crippen LogP contribution in [0, 0.1) is 0 Å². The first kappa shape index (κ1) is 17.9. The Morgan fingerprint density at radius 3 is 2.68 bits per heavy atom. The summed E-state index contributed by atoms with van der Waals surface area (Å²) in [6.45, 7) is 5.86. The van der Waals surface area contributed by atoms with E-state index >= 15 is 0 Å². The second-order valence-electron chi connectivity index (χ2n) is 6.94. The van der Waals surface area contributed by atoms with E-state index in [1.165, 1.54) is 0 Å². The summed E-state index contributed by atoms with van der Waals surface area (Å²) in [6.07, 6.45) is 5.57. The molecule has 0 N–H and O–H groups in total. The highest BCUT2D eigenvalue weighted by Gasteiger charge is 2.09. The Morgan fingerprint density at radius 2 is 1.89 bits per heavy atom. The molecule has 0 atom stereocenters. The molecule has 0 saturated heterocycles. The molecule has 140 valence electrons. The number of hydrogen-bond donors (Lipinski definition) is 0. The fraction of sp³-hybridized carbons (Fsp3) is 0.174. The van der Waals surface area contributed by atoms with Crippen molar-refractivity contribution < 1.29 is 4.84 Å². The quantitative estimate of drug-likeness (QED) is 0.357. The fourth-order valence-corrected chi connectivity index (χ4v) is 3.05. The Balaban J connectivity index is 1.70. The van der Waals surface area contributed by atoms with Gasteiger partial charge in [0.15, 0.2) is 0 Å². The summed E-state index contributed by atoms with van der Waals surface area (Å²) in [4.78, 5) is 14.2. The van der Waals surface area contributed by atoms with Crippen molar-refractivity contribution in [1.82, 2.24) is 14.5 Å². The maximum absolute atomic E-state index is 5.36. The van der Waals surface area contributed by atoms with Crippen molar-refractivity contribution in [1.29, 1.82) is 0 Å². The lowest BCUT2D eigenvalue weighted by molar-refractivity contribution is 0.0860. The number of pyridine rings is 1. The maximum atomic E-state index is 5.36. The third kappa shape index (κ3) is 3.64. The fourth-order valence-electron chi connectivity index (χ4n) is 3.05. The van der Waals surface area contributed by atoms with Crippen LogP contribution in [0.2, 0.25) is 0 Å². The van der Waals surface area contributed by atoms with Crippen LogP contribution in [0.5, 0.6) is 0 Å². The van der Waals surface area contributed by atoms with Crippen LogP contribution < -0.4 is 0 Å². The van der Waals surface area contributed by atoms with Gasteiger partial charge in [-0.2, -0.15) is 0 Å². The molecular formula is C23H22N4O. The molecule has 0 aliphatic rings. The number of oxime groups is 1. The van der Waals surface area contributed by atoms with Gasteiger partial charge in [-0.15, -0.1) is 0 Å². The number of aromatic nitrogens is 3. The van der Waals surface area contributed by atoms with E-state index in [0.717, 1.165) is 39.1 Å². The largest absolute Gasteiger partial charge is 0.393 e. The van der Waals surface area contributed by atoms with E-state index in [2.05, 4.69) is 56.1 Å². The Morgan fingerprint density at radius 1 is 1.04 bits per heavy atom. The molecule has 4 rings (SSSR count). The Kier molecular flexibility index (Phi) is 4.89. The van der Waals surface area contributed by atoms with E-state index in [0.29, 0.717) is 0 Å². The zero-order valence-corrected chi connectivity index (χ0v) is 16.2. The van der Waals surface area contributed by atoms with Crippen molar-refractivity contribution in [2.75, 3.05) is 0 Å². The first-order valence-electron chi connectivity index (χ1n) is 9.30. The summed E-state index contributed by atoms with van der Waals surface area (Å²) < 4.78 is 2.09. The number of fused-ring (bicyclic) bond motifs is 1. The highest BCUT2D eigenvalue weighted by molar-refractivity contribution is 6.01. The van der Waals surface area contributed by atoms with Crippen molar-refractivity contribution in [3.05, 3.63) is 78.9 Å². The van der Waals surface area contributed by atoms with Gasteiger partial charge in [0.2, 0.25) is 0 Å². The molecule has 0 radical (unpaired) electrons. The predicted octanol–water partition coefficient (Wildman–Crippen LogP) is 5.24. The van der Waals surface area contributed by atoms with Gasteiger partial charge in [0, 0.05) is 29.2 Å². The minimum atomic E-state index is 0.0602. The van der Waals surface area contributed by atoms with Crippen molar-refractivity contribution in [2.45, 2.75) is 26.9 Å². The lowest BCUT2D eigenvalue weighted by atomic mass is 10.1. The van der Waals surface area contributed by atoms with Crippen molar-refractivity contribution in [3.8, 4) is 16.8 Å². The topological polar surface area (TPSA) is 52.3 Å². The van der Waals surface area contributed by atoms with Crippen LogP contribution in [-0.2, 0) is 4.84 Å². The maximum Gasteiger partial charge on any atom is 0.122 e. The number of nitrogens with zero attached hydrogens (tertiary/aromatic N) is 4. The second kappa shape index (κ2) is 7.64. The minimum Gasteiger partial charge on any atom is -0.393 e. The molecule has 0 bridgehead atoms. The molecular weight excluding hydrogens is 348 g/mol.